The minimum absolute atomic E-state index is 0.255. The Hall–Kier alpha value is -2.48. The van der Waals surface area contributed by atoms with E-state index in [1.807, 2.05) is 6.07 Å². The summed E-state index contributed by atoms with van der Waals surface area (Å²) in [5, 5.41) is 7.74. The average Bonchev–Trinajstić information content (AvgIpc) is 3.07. The van der Waals surface area contributed by atoms with E-state index >= 15 is 0 Å². The normalized spacial score (nSPS) is 27.4. The van der Waals surface area contributed by atoms with Crippen molar-refractivity contribution in [1.29, 1.82) is 0 Å². The van der Waals surface area contributed by atoms with Crippen LogP contribution in [0.2, 0.25) is 0 Å². The first-order chi connectivity index (χ1) is 14.2. The molecule has 2 aromatic rings. The molecule has 8 heteroatoms. The van der Waals surface area contributed by atoms with Gasteiger partial charge in [0.2, 0.25) is 5.95 Å². The molecular weight excluding hydrogens is 370 g/mol. The number of aromatic nitrogens is 3. The van der Waals surface area contributed by atoms with Crippen molar-refractivity contribution in [1.82, 2.24) is 20.4 Å². The van der Waals surface area contributed by atoms with Gasteiger partial charge in [-0.15, -0.1) is 0 Å². The van der Waals surface area contributed by atoms with Crippen LogP contribution >= 0.6 is 0 Å². The lowest BCUT2D eigenvalue weighted by Crippen LogP contribution is -2.42. The van der Waals surface area contributed by atoms with Crippen LogP contribution in [0, 0.1) is 0 Å². The molecule has 2 aliphatic heterocycles. The molecule has 8 nitrogen and oxygen atoms in total. The predicted molar refractivity (Wildman–Crippen MR) is 107 cm³/mol. The molecule has 2 atom stereocenters. The van der Waals surface area contributed by atoms with Gasteiger partial charge in [0.25, 0.3) is 0 Å². The number of carbonyl (C=O) groups excluding carboxylic acids is 1. The highest BCUT2D eigenvalue weighted by Crippen LogP contribution is 2.49. The summed E-state index contributed by atoms with van der Waals surface area (Å²) in [5.41, 5.74) is 0.671. The zero-order chi connectivity index (χ0) is 19.8. The lowest BCUT2D eigenvalue weighted by atomic mass is 9.68. The van der Waals surface area contributed by atoms with Crippen LogP contribution in [0.15, 0.2) is 16.8 Å². The lowest BCUT2D eigenvalue weighted by Gasteiger charge is -2.36. The molecule has 1 saturated heterocycles. The van der Waals surface area contributed by atoms with E-state index in [1.54, 1.807) is 6.20 Å². The minimum atomic E-state index is -0.572. The second-order valence-electron chi connectivity index (χ2n) is 8.34. The number of hydrogen-bond donors (Lipinski definition) is 1. The minimum Gasteiger partial charge on any atom is -0.488 e. The van der Waals surface area contributed by atoms with Crippen LogP contribution in [0.3, 0.4) is 0 Å². The summed E-state index contributed by atoms with van der Waals surface area (Å²) in [4.78, 5) is 24.4. The van der Waals surface area contributed by atoms with Crippen molar-refractivity contribution >= 4 is 11.7 Å². The summed E-state index contributed by atoms with van der Waals surface area (Å²) in [5.74, 6) is 2.12. The Morgan fingerprint density at radius 2 is 2.21 bits per heavy atom. The lowest BCUT2D eigenvalue weighted by molar-refractivity contribution is -0.128. The number of hydrogen-bond acceptors (Lipinski definition) is 8. The van der Waals surface area contributed by atoms with Crippen molar-refractivity contribution in [3.63, 3.8) is 0 Å². The Morgan fingerprint density at radius 1 is 1.28 bits per heavy atom. The van der Waals surface area contributed by atoms with Gasteiger partial charge < -0.3 is 19.5 Å². The Bertz CT molecular complexity index is 913. The van der Waals surface area contributed by atoms with Gasteiger partial charge in [-0.25, -0.2) is 9.97 Å². The summed E-state index contributed by atoms with van der Waals surface area (Å²) in [7, 11) is 0. The van der Waals surface area contributed by atoms with Crippen molar-refractivity contribution in [3.8, 4) is 17.1 Å². The van der Waals surface area contributed by atoms with Crippen molar-refractivity contribution in [3.05, 3.63) is 18.0 Å². The van der Waals surface area contributed by atoms with E-state index in [0.29, 0.717) is 54.3 Å². The zero-order valence-electron chi connectivity index (χ0n) is 16.8. The fourth-order valence-corrected chi connectivity index (χ4v) is 4.85. The van der Waals surface area contributed by atoms with E-state index in [2.05, 4.69) is 27.3 Å². The van der Waals surface area contributed by atoms with E-state index in [9.17, 15) is 4.79 Å². The Labute approximate surface area is 170 Å². The molecule has 0 aromatic carbocycles. The van der Waals surface area contributed by atoms with E-state index in [0.717, 1.165) is 45.3 Å². The third-order valence-electron chi connectivity index (χ3n) is 6.52. The first-order valence-electron chi connectivity index (χ1n) is 10.7. The van der Waals surface area contributed by atoms with Crippen LogP contribution in [0.5, 0.6) is 5.75 Å². The highest BCUT2D eigenvalue weighted by molar-refractivity contribution is 5.91. The Morgan fingerprint density at radius 3 is 3.10 bits per heavy atom. The summed E-state index contributed by atoms with van der Waals surface area (Å²) < 4.78 is 11.7. The number of anilines is 1. The number of nitrogens with zero attached hydrogens (tertiary/aromatic N) is 4. The van der Waals surface area contributed by atoms with Gasteiger partial charge in [-0.1, -0.05) is 11.6 Å². The van der Waals surface area contributed by atoms with Gasteiger partial charge in [-0.05, 0) is 38.8 Å². The molecule has 0 amide bonds. The van der Waals surface area contributed by atoms with Gasteiger partial charge in [0.15, 0.2) is 17.2 Å². The largest absolute Gasteiger partial charge is 0.488 e. The Balaban J connectivity index is 1.52. The molecule has 154 valence electrons. The SMILES string of the molecule is C[C@H]1CNCCCN1c1nccc(-c2noc3c2OCCC32CCCCC2=O)n1. The summed E-state index contributed by atoms with van der Waals surface area (Å²) >= 11 is 0. The first kappa shape index (κ1) is 18.5. The van der Waals surface area contributed by atoms with Gasteiger partial charge in [0.05, 0.1) is 12.0 Å². The zero-order valence-corrected chi connectivity index (χ0v) is 16.8. The molecular formula is C21H27N5O3. The fourth-order valence-electron chi connectivity index (χ4n) is 4.85. The number of ketones is 1. The van der Waals surface area contributed by atoms with Crippen LogP contribution in [-0.2, 0) is 10.2 Å². The van der Waals surface area contributed by atoms with Crippen molar-refractivity contribution < 1.29 is 14.1 Å². The van der Waals surface area contributed by atoms with Gasteiger partial charge >= 0.3 is 0 Å². The topological polar surface area (TPSA) is 93.4 Å². The standard InChI is InChI=1S/C21H27N5O3/c1-14-13-22-9-4-11-26(14)20-23-10-6-15(24-20)17-18-19(29-25-17)21(8-12-28-18)7-3-2-5-16(21)27/h6,10,14,22H,2-5,7-9,11-13H2,1H3/t14-,21?/m0/s1. The van der Waals surface area contributed by atoms with E-state index in [1.165, 1.54) is 0 Å². The fraction of sp³-hybridized carbons (Fsp3) is 0.619. The van der Waals surface area contributed by atoms with Crippen LogP contribution in [-0.4, -0.2) is 53.2 Å². The van der Waals surface area contributed by atoms with Crippen molar-refractivity contribution in [2.24, 2.45) is 0 Å². The molecule has 2 aromatic heterocycles. The second-order valence-corrected chi connectivity index (χ2v) is 8.34. The van der Waals surface area contributed by atoms with Crippen molar-refractivity contribution in [2.45, 2.75) is 56.9 Å². The molecule has 3 aliphatic rings. The molecule has 1 spiro atoms. The summed E-state index contributed by atoms with van der Waals surface area (Å²) in [6, 6.07) is 2.13. The maximum absolute atomic E-state index is 12.8. The molecule has 0 radical (unpaired) electrons. The third kappa shape index (κ3) is 3.10. The number of fused-ring (bicyclic) bond motifs is 2. The van der Waals surface area contributed by atoms with Crippen LogP contribution in [0.4, 0.5) is 5.95 Å². The number of carbonyl (C=O) groups is 1. The maximum Gasteiger partial charge on any atom is 0.226 e. The Kier molecular flexibility index (Phi) is 4.73. The quantitative estimate of drug-likeness (QED) is 0.826. The van der Waals surface area contributed by atoms with Crippen molar-refractivity contribution in [2.75, 3.05) is 31.1 Å². The van der Waals surface area contributed by atoms with Crippen LogP contribution in [0.1, 0.15) is 51.2 Å². The van der Waals surface area contributed by atoms with Crippen LogP contribution < -0.4 is 15.0 Å². The highest BCUT2D eigenvalue weighted by Gasteiger charge is 2.49. The van der Waals surface area contributed by atoms with Gasteiger partial charge in [-0.3, -0.25) is 4.79 Å². The molecule has 1 aliphatic carbocycles. The molecule has 2 fully saturated rings. The molecule has 0 bridgehead atoms. The number of ether oxygens (including phenoxy) is 1. The summed E-state index contributed by atoms with van der Waals surface area (Å²) in [6.07, 6.45) is 6.87. The molecule has 1 saturated carbocycles. The smallest absolute Gasteiger partial charge is 0.226 e. The second kappa shape index (κ2) is 7.40. The van der Waals surface area contributed by atoms with E-state index in [-0.39, 0.29) is 5.78 Å². The number of Topliss-reactive ketones (excluding diaryl/α,β-unsaturated/α-hetero) is 1. The maximum atomic E-state index is 12.8. The highest BCUT2D eigenvalue weighted by atomic mass is 16.5. The molecule has 1 unspecified atom stereocenters. The van der Waals surface area contributed by atoms with Gasteiger partial charge in [0.1, 0.15) is 11.5 Å². The number of rotatable bonds is 2. The summed E-state index contributed by atoms with van der Waals surface area (Å²) in [6.45, 7) is 5.48. The molecule has 5 rings (SSSR count). The first-order valence-corrected chi connectivity index (χ1v) is 10.7. The van der Waals surface area contributed by atoms with E-state index in [4.69, 9.17) is 14.2 Å². The van der Waals surface area contributed by atoms with Gasteiger partial charge in [0, 0.05) is 38.2 Å². The third-order valence-corrected chi connectivity index (χ3v) is 6.52. The molecule has 29 heavy (non-hydrogen) atoms. The van der Waals surface area contributed by atoms with Gasteiger partial charge in [-0.2, -0.15) is 0 Å². The van der Waals surface area contributed by atoms with E-state index < -0.39 is 5.41 Å². The monoisotopic (exact) mass is 397 g/mol. The molecule has 4 heterocycles. The number of nitrogens with one attached hydrogen (secondary N) is 1. The molecule has 1 N–H and O–H groups in total. The predicted octanol–water partition coefficient (Wildman–Crippen LogP) is 2.48. The average molecular weight is 397 g/mol. The van der Waals surface area contributed by atoms with Crippen LogP contribution in [0.25, 0.3) is 11.4 Å².